The van der Waals surface area contributed by atoms with Gasteiger partial charge in [0.1, 0.15) is 0 Å². The van der Waals surface area contributed by atoms with Gasteiger partial charge in [-0.15, -0.1) is 0 Å². The summed E-state index contributed by atoms with van der Waals surface area (Å²) in [5, 5.41) is 0. The van der Waals surface area contributed by atoms with Crippen LogP contribution in [0.4, 0.5) is 0 Å². The van der Waals surface area contributed by atoms with E-state index in [2.05, 4.69) is 4.98 Å². The van der Waals surface area contributed by atoms with Crippen LogP contribution in [0.25, 0.3) is 0 Å². The van der Waals surface area contributed by atoms with Crippen LogP contribution in [0.5, 0.6) is 0 Å². The van der Waals surface area contributed by atoms with E-state index < -0.39 is 56.2 Å². The van der Waals surface area contributed by atoms with E-state index in [1.165, 1.54) is 0 Å². The Morgan fingerprint density at radius 2 is 1.35 bits per heavy atom. The molecule has 5 rings (SSSR count). The summed E-state index contributed by atoms with van der Waals surface area (Å²) in [6.07, 6.45) is -2.32. The van der Waals surface area contributed by atoms with E-state index in [9.17, 15) is 19.2 Å². The molecule has 0 unspecified atom stereocenters. The third-order valence-corrected chi connectivity index (χ3v) is 8.68. The quantitative estimate of drug-likeness (QED) is 0.142. The van der Waals surface area contributed by atoms with Crippen molar-refractivity contribution in [3.05, 3.63) is 123 Å². The molecule has 1 aliphatic rings. The average molecular weight is 649 g/mol. The molecule has 1 aliphatic heterocycles. The van der Waals surface area contributed by atoms with Crippen molar-refractivity contribution < 1.29 is 42.9 Å². The molecule has 0 aliphatic carbocycles. The Hall–Kier alpha value is -4.57. The van der Waals surface area contributed by atoms with Crippen molar-refractivity contribution in [1.82, 2.24) is 4.98 Å². The van der Waals surface area contributed by atoms with Gasteiger partial charge in [0.2, 0.25) is 0 Å². The van der Waals surface area contributed by atoms with Gasteiger partial charge in [-0.1, -0.05) is 0 Å². The van der Waals surface area contributed by atoms with E-state index in [1.54, 1.807) is 103 Å². The van der Waals surface area contributed by atoms with Crippen LogP contribution in [0.3, 0.4) is 0 Å². The number of carbonyl (C=O) groups is 4. The van der Waals surface area contributed by atoms with E-state index >= 15 is 0 Å². The van der Waals surface area contributed by atoms with E-state index in [1.807, 2.05) is 0 Å². The normalized spacial score (nSPS) is 19.3. The van der Waals surface area contributed by atoms with Crippen LogP contribution in [-0.2, 0) is 29.3 Å². The maximum atomic E-state index is 13.5. The van der Waals surface area contributed by atoms with Crippen molar-refractivity contribution in [3.8, 4) is 0 Å². The predicted octanol–water partition coefficient (Wildman–Crippen LogP) is 3.85. The molecule has 1 saturated heterocycles. The van der Waals surface area contributed by atoms with Gasteiger partial charge in [0.05, 0.1) is 0 Å². The van der Waals surface area contributed by atoms with Crippen LogP contribution in [0, 0.1) is 0 Å². The third-order valence-electron chi connectivity index (χ3n) is 6.58. The van der Waals surface area contributed by atoms with Gasteiger partial charge in [-0.2, -0.15) is 0 Å². The summed E-state index contributed by atoms with van der Waals surface area (Å²) in [7, 11) is 0. The van der Waals surface area contributed by atoms with Gasteiger partial charge in [0.25, 0.3) is 0 Å². The zero-order valence-electron chi connectivity index (χ0n) is 23.0. The molecule has 0 bridgehead atoms. The Morgan fingerprint density at radius 1 is 0.791 bits per heavy atom. The van der Waals surface area contributed by atoms with Crippen LogP contribution in [0.2, 0.25) is 0 Å². The number of nitrogens with zero attached hydrogens (tertiary/aromatic N) is 1. The van der Waals surface area contributed by atoms with Gasteiger partial charge in [-0.25, -0.2) is 0 Å². The Labute approximate surface area is 253 Å². The first-order valence-corrected chi connectivity index (χ1v) is 15.3. The van der Waals surface area contributed by atoms with Crippen LogP contribution in [0.1, 0.15) is 53.1 Å². The molecule has 0 amide bonds. The van der Waals surface area contributed by atoms with Gasteiger partial charge < -0.3 is 0 Å². The first-order valence-electron chi connectivity index (χ1n) is 13.4. The van der Waals surface area contributed by atoms with Crippen molar-refractivity contribution >= 4 is 38.4 Å². The monoisotopic (exact) mass is 649 g/mol. The Kier molecular flexibility index (Phi) is 9.46. The van der Waals surface area contributed by atoms with Crippen molar-refractivity contribution in [3.63, 3.8) is 0 Å². The number of aromatic nitrogens is 1. The molecule has 10 nitrogen and oxygen atoms in total. The molecule has 0 spiro atoms. The van der Waals surface area contributed by atoms with Crippen LogP contribution in [-0.4, -0.2) is 75.4 Å². The standard InChI is InChI=1S/C32H27NO9Se/c1-2-38-30(37)24-19-43-31(33-24)32(42-29(36)23-16-10-5-11-17-23)20-40-25(18-39-27(34)21-12-6-3-7-13-21)26(32)41-28(35)22-14-8-4-9-15-22/h3-17,19,25-26H,2,18,20H2,1H3/t25-,26-,32-/m1/s1. The van der Waals surface area contributed by atoms with Crippen molar-refractivity contribution in [2.24, 2.45) is 0 Å². The molecule has 2 heterocycles. The molecule has 43 heavy (non-hydrogen) atoms. The molecule has 0 radical (unpaired) electrons. The van der Waals surface area contributed by atoms with E-state index in [0.29, 0.717) is 5.56 Å². The number of ether oxygens (including phenoxy) is 5. The Balaban J connectivity index is 1.52. The molecule has 220 valence electrons. The van der Waals surface area contributed by atoms with E-state index in [0.717, 1.165) is 0 Å². The second-order valence-electron chi connectivity index (χ2n) is 9.41. The molecular weight excluding hydrogens is 621 g/mol. The van der Waals surface area contributed by atoms with Crippen LogP contribution < -0.4 is 0 Å². The number of hydrogen-bond acceptors (Lipinski definition) is 10. The number of benzene rings is 3. The van der Waals surface area contributed by atoms with Gasteiger partial charge in [-0.3, -0.25) is 0 Å². The topological polar surface area (TPSA) is 127 Å². The summed E-state index contributed by atoms with van der Waals surface area (Å²) in [5.74, 6) is -2.66. The molecule has 1 aromatic heterocycles. The van der Waals surface area contributed by atoms with Crippen molar-refractivity contribution in [1.29, 1.82) is 0 Å². The molecule has 1 fully saturated rings. The number of esters is 4. The molecule has 0 N–H and O–H groups in total. The third kappa shape index (κ3) is 6.75. The van der Waals surface area contributed by atoms with Crippen molar-refractivity contribution in [2.75, 3.05) is 19.8 Å². The summed E-state index contributed by atoms with van der Waals surface area (Å²) in [4.78, 5) is 58.2. The zero-order valence-corrected chi connectivity index (χ0v) is 24.8. The van der Waals surface area contributed by atoms with Crippen LogP contribution >= 0.6 is 0 Å². The first-order chi connectivity index (χ1) is 20.9. The fourth-order valence-electron chi connectivity index (χ4n) is 4.46. The average Bonchev–Trinajstić information content (AvgIpc) is 3.68. The minimum absolute atomic E-state index is 0.0547. The SMILES string of the molecule is CCOC(=O)c1c[se]c([C@@]2(OC(=O)c3ccccc3)CO[C@H](COC(=O)c3ccccc3)[C@H]2OC(=O)c2ccccc2)n1. The minimum atomic E-state index is -1.73. The fourth-order valence-corrected chi connectivity index (χ4v) is 6.43. The van der Waals surface area contributed by atoms with E-state index in [4.69, 9.17) is 23.7 Å². The predicted molar refractivity (Wildman–Crippen MR) is 153 cm³/mol. The van der Waals surface area contributed by atoms with Gasteiger partial charge in [0, 0.05) is 0 Å². The fraction of sp³-hybridized carbons (Fsp3) is 0.219. The first kappa shape index (κ1) is 29.9. The molecular formula is C32H27NO9Se. The van der Waals surface area contributed by atoms with Crippen LogP contribution in [0.15, 0.2) is 95.9 Å². The summed E-state index contributed by atoms with van der Waals surface area (Å²) in [5.41, 5.74) is -0.849. The molecule has 3 atom stereocenters. The van der Waals surface area contributed by atoms with E-state index in [-0.39, 0.29) is 41.2 Å². The second kappa shape index (κ2) is 13.6. The summed E-state index contributed by atoms with van der Waals surface area (Å²) in [6, 6.07) is 25.0. The number of hydrogen-bond donors (Lipinski definition) is 0. The second-order valence-corrected chi connectivity index (χ2v) is 11.2. The summed E-state index contributed by atoms with van der Waals surface area (Å²) in [6.45, 7) is 1.24. The van der Waals surface area contributed by atoms with Gasteiger partial charge >= 0.3 is 254 Å². The Bertz CT molecular complexity index is 1580. The molecule has 4 aromatic rings. The van der Waals surface area contributed by atoms with Gasteiger partial charge in [0.15, 0.2) is 0 Å². The number of rotatable bonds is 10. The molecule has 3 aromatic carbocycles. The van der Waals surface area contributed by atoms with Crippen molar-refractivity contribution in [2.45, 2.75) is 24.7 Å². The Morgan fingerprint density at radius 3 is 1.93 bits per heavy atom. The molecule has 0 saturated carbocycles. The summed E-state index contributed by atoms with van der Waals surface area (Å²) >= 11 is -0.602. The number of carbonyl (C=O) groups excluding carboxylic acids is 4. The van der Waals surface area contributed by atoms with Gasteiger partial charge in [-0.05, 0) is 0 Å². The maximum absolute atomic E-state index is 13.5. The summed E-state index contributed by atoms with van der Waals surface area (Å²) < 4.78 is 29.2. The zero-order chi connectivity index (χ0) is 30.2. The molecule has 11 heteroatoms.